The number of carbonyl (C=O) groups excluding carboxylic acids is 1. The van der Waals surface area contributed by atoms with Gasteiger partial charge in [0.15, 0.2) is 9.84 Å². The summed E-state index contributed by atoms with van der Waals surface area (Å²) in [6, 6.07) is 15.6. The summed E-state index contributed by atoms with van der Waals surface area (Å²) < 4.78 is 24.2. The molecule has 1 N–H and O–H groups in total. The van der Waals surface area contributed by atoms with Gasteiger partial charge < -0.3 is 5.32 Å². The van der Waals surface area contributed by atoms with Crippen molar-refractivity contribution in [3.05, 3.63) is 59.6 Å². The predicted octanol–water partition coefficient (Wildman–Crippen LogP) is 3.41. The first-order valence-corrected chi connectivity index (χ1v) is 10.4. The number of carbonyl (C=O) groups is 1. The van der Waals surface area contributed by atoms with Crippen LogP contribution >= 0.6 is 23.4 Å². The molecule has 0 saturated heterocycles. The molecule has 0 saturated carbocycles. The standard InChI is InChI=1S/C17H18ClNO3S2/c18-14-6-8-15(9-7-14)23-12-11-19-17(20)10-13-24(21,22)16-4-2-1-3-5-16/h1-9H,10-13H2,(H,19,20). The van der Waals surface area contributed by atoms with Crippen LogP contribution in [0.15, 0.2) is 64.4 Å². The van der Waals surface area contributed by atoms with Crippen LogP contribution in [0.2, 0.25) is 5.02 Å². The fourth-order valence-electron chi connectivity index (χ4n) is 1.95. The molecule has 0 bridgehead atoms. The van der Waals surface area contributed by atoms with E-state index in [1.807, 2.05) is 24.3 Å². The van der Waals surface area contributed by atoms with Gasteiger partial charge in [0.2, 0.25) is 5.91 Å². The summed E-state index contributed by atoms with van der Waals surface area (Å²) >= 11 is 7.42. The van der Waals surface area contributed by atoms with Crippen LogP contribution in [0.25, 0.3) is 0 Å². The Bertz CT molecular complexity index is 762. The molecule has 7 heteroatoms. The molecule has 0 aromatic heterocycles. The fraction of sp³-hybridized carbons (Fsp3) is 0.235. The highest BCUT2D eigenvalue weighted by Gasteiger charge is 2.15. The van der Waals surface area contributed by atoms with Gasteiger partial charge in [-0.3, -0.25) is 4.79 Å². The quantitative estimate of drug-likeness (QED) is 0.560. The highest BCUT2D eigenvalue weighted by Crippen LogP contribution is 2.19. The lowest BCUT2D eigenvalue weighted by Gasteiger charge is -2.06. The highest BCUT2D eigenvalue weighted by atomic mass is 35.5. The van der Waals surface area contributed by atoms with E-state index in [0.717, 1.165) is 4.90 Å². The van der Waals surface area contributed by atoms with E-state index in [9.17, 15) is 13.2 Å². The average Bonchev–Trinajstić information content (AvgIpc) is 2.59. The third-order valence-electron chi connectivity index (χ3n) is 3.21. The maximum atomic E-state index is 12.1. The third-order valence-corrected chi connectivity index (χ3v) is 6.20. The van der Waals surface area contributed by atoms with E-state index in [1.54, 1.807) is 30.0 Å². The van der Waals surface area contributed by atoms with Gasteiger partial charge in [0, 0.05) is 28.6 Å². The van der Waals surface area contributed by atoms with Crippen molar-refractivity contribution in [3.63, 3.8) is 0 Å². The highest BCUT2D eigenvalue weighted by molar-refractivity contribution is 7.99. The minimum atomic E-state index is -3.41. The first kappa shape index (κ1) is 18.8. The van der Waals surface area contributed by atoms with Crippen molar-refractivity contribution >= 4 is 39.1 Å². The molecule has 24 heavy (non-hydrogen) atoms. The van der Waals surface area contributed by atoms with Gasteiger partial charge in [-0.1, -0.05) is 29.8 Å². The van der Waals surface area contributed by atoms with Gasteiger partial charge in [0.1, 0.15) is 0 Å². The van der Waals surface area contributed by atoms with Gasteiger partial charge in [-0.05, 0) is 36.4 Å². The molecule has 128 valence electrons. The first-order chi connectivity index (χ1) is 11.5. The molecule has 0 aliphatic heterocycles. The van der Waals surface area contributed by atoms with Crippen molar-refractivity contribution in [2.75, 3.05) is 18.1 Å². The Labute approximate surface area is 151 Å². The maximum absolute atomic E-state index is 12.1. The van der Waals surface area contributed by atoms with E-state index < -0.39 is 9.84 Å². The number of sulfone groups is 1. The van der Waals surface area contributed by atoms with E-state index in [4.69, 9.17) is 11.6 Å². The Morgan fingerprint density at radius 3 is 2.38 bits per heavy atom. The van der Waals surface area contributed by atoms with Crippen molar-refractivity contribution in [1.29, 1.82) is 0 Å². The summed E-state index contributed by atoms with van der Waals surface area (Å²) in [4.78, 5) is 13.1. The van der Waals surface area contributed by atoms with E-state index in [1.165, 1.54) is 12.1 Å². The lowest BCUT2D eigenvalue weighted by atomic mass is 10.4. The summed E-state index contributed by atoms with van der Waals surface area (Å²) in [7, 11) is -3.41. The molecule has 0 fully saturated rings. The summed E-state index contributed by atoms with van der Waals surface area (Å²) in [6.45, 7) is 0.484. The van der Waals surface area contributed by atoms with Crippen LogP contribution in [0.5, 0.6) is 0 Å². The maximum Gasteiger partial charge on any atom is 0.221 e. The van der Waals surface area contributed by atoms with Crippen LogP contribution in [0, 0.1) is 0 Å². The SMILES string of the molecule is O=C(CCS(=O)(=O)c1ccccc1)NCCSc1ccc(Cl)cc1. The van der Waals surface area contributed by atoms with Crippen molar-refractivity contribution in [2.45, 2.75) is 16.2 Å². The third kappa shape index (κ3) is 6.19. The predicted molar refractivity (Wildman–Crippen MR) is 98.3 cm³/mol. The second kappa shape index (κ2) is 9.11. The molecule has 2 aromatic rings. The average molecular weight is 384 g/mol. The second-order valence-electron chi connectivity index (χ2n) is 5.03. The minimum absolute atomic E-state index is 0.0388. The number of nitrogens with one attached hydrogen (secondary N) is 1. The Hall–Kier alpha value is -1.50. The molecule has 0 unspecified atom stereocenters. The number of amides is 1. The largest absolute Gasteiger partial charge is 0.355 e. The lowest BCUT2D eigenvalue weighted by molar-refractivity contribution is -0.120. The minimum Gasteiger partial charge on any atom is -0.355 e. The monoisotopic (exact) mass is 383 g/mol. The first-order valence-electron chi connectivity index (χ1n) is 7.40. The Kier molecular flexibility index (Phi) is 7.15. The van der Waals surface area contributed by atoms with Crippen LogP contribution in [0.1, 0.15) is 6.42 Å². The molecule has 2 rings (SSSR count). The summed E-state index contributed by atoms with van der Waals surface area (Å²) in [5.41, 5.74) is 0. The van der Waals surface area contributed by atoms with Gasteiger partial charge in [-0.25, -0.2) is 8.42 Å². The van der Waals surface area contributed by atoms with Crippen LogP contribution < -0.4 is 5.32 Å². The van der Waals surface area contributed by atoms with Crippen LogP contribution in [0.3, 0.4) is 0 Å². The molecule has 1 amide bonds. The molecular formula is C17H18ClNO3S2. The Balaban J connectivity index is 1.69. The van der Waals surface area contributed by atoms with E-state index in [2.05, 4.69) is 5.32 Å². The molecule has 2 aromatic carbocycles. The van der Waals surface area contributed by atoms with Crippen molar-refractivity contribution in [1.82, 2.24) is 5.32 Å². The van der Waals surface area contributed by atoms with Crippen LogP contribution in [-0.4, -0.2) is 32.4 Å². The second-order valence-corrected chi connectivity index (χ2v) is 8.75. The van der Waals surface area contributed by atoms with Crippen LogP contribution in [0.4, 0.5) is 0 Å². The molecule has 0 spiro atoms. The molecular weight excluding hydrogens is 366 g/mol. The normalized spacial score (nSPS) is 11.2. The summed E-state index contributed by atoms with van der Waals surface area (Å²) in [5.74, 6) is 0.262. The lowest BCUT2D eigenvalue weighted by Crippen LogP contribution is -2.27. The van der Waals surface area contributed by atoms with Gasteiger partial charge in [-0.2, -0.15) is 0 Å². The molecule has 0 aliphatic carbocycles. The van der Waals surface area contributed by atoms with Crippen molar-refractivity contribution < 1.29 is 13.2 Å². The zero-order valence-electron chi connectivity index (χ0n) is 12.9. The van der Waals surface area contributed by atoms with E-state index in [-0.39, 0.29) is 23.0 Å². The smallest absolute Gasteiger partial charge is 0.221 e. The van der Waals surface area contributed by atoms with E-state index in [0.29, 0.717) is 17.3 Å². The molecule has 0 aliphatic rings. The summed E-state index contributed by atoms with van der Waals surface area (Å²) in [5, 5.41) is 3.43. The van der Waals surface area contributed by atoms with E-state index >= 15 is 0 Å². The number of halogens is 1. The van der Waals surface area contributed by atoms with Crippen LogP contribution in [-0.2, 0) is 14.6 Å². The Morgan fingerprint density at radius 2 is 1.71 bits per heavy atom. The number of rotatable bonds is 8. The zero-order valence-corrected chi connectivity index (χ0v) is 15.3. The Morgan fingerprint density at radius 1 is 1.04 bits per heavy atom. The fourth-order valence-corrected chi connectivity index (χ4v) is 4.11. The van der Waals surface area contributed by atoms with Gasteiger partial charge in [-0.15, -0.1) is 11.8 Å². The molecule has 0 heterocycles. The van der Waals surface area contributed by atoms with Crippen molar-refractivity contribution in [2.24, 2.45) is 0 Å². The molecule has 0 atom stereocenters. The summed E-state index contributed by atoms with van der Waals surface area (Å²) in [6.07, 6.45) is -0.0388. The number of hydrogen-bond acceptors (Lipinski definition) is 4. The molecule has 4 nitrogen and oxygen atoms in total. The van der Waals surface area contributed by atoms with Gasteiger partial charge >= 0.3 is 0 Å². The number of thioether (sulfide) groups is 1. The number of hydrogen-bond donors (Lipinski definition) is 1. The molecule has 0 radical (unpaired) electrons. The number of benzene rings is 2. The van der Waals surface area contributed by atoms with Gasteiger partial charge in [0.05, 0.1) is 10.6 Å². The van der Waals surface area contributed by atoms with Crippen molar-refractivity contribution in [3.8, 4) is 0 Å². The zero-order chi connectivity index (χ0) is 17.4. The topological polar surface area (TPSA) is 63.2 Å². The van der Waals surface area contributed by atoms with Gasteiger partial charge in [0.25, 0.3) is 0 Å².